The van der Waals surface area contributed by atoms with Crippen LogP contribution >= 0.6 is 0 Å². The Morgan fingerprint density at radius 2 is 1.92 bits per heavy atom. The molecule has 1 aromatic heterocycles. The summed E-state index contributed by atoms with van der Waals surface area (Å²) in [7, 11) is 0. The molecule has 1 aliphatic carbocycles. The van der Waals surface area contributed by atoms with Gasteiger partial charge in [0.25, 0.3) is 5.91 Å². The molecule has 1 N–H and O–H groups in total. The number of halogens is 2. The highest BCUT2D eigenvalue weighted by atomic mass is 19.2. The Morgan fingerprint density at radius 1 is 1.19 bits per heavy atom. The van der Waals surface area contributed by atoms with Crippen LogP contribution in [0.2, 0.25) is 0 Å². The zero-order chi connectivity index (χ0) is 18.8. The minimum atomic E-state index is -0.856. The lowest BCUT2D eigenvalue weighted by atomic mass is 9.95. The van der Waals surface area contributed by atoms with E-state index in [4.69, 9.17) is 0 Å². The fourth-order valence-corrected chi connectivity index (χ4v) is 3.74. The van der Waals surface area contributed by atoms with Crippen LogP contribution in [-0.4, -0.2) is 17.0 Å². The van der Waals surface area contributed by atoms with Gasteiger partial charge in [0, 0.05) is 18.8 Å². The van der Waals surface area contributed by atoms with Crippen LogP contribution in [0, 0.1) is 24.5 Å². The van der Waals surface area contributed by atoms with Crippen LogP contribution < -0.4 is 5.32 Å². The Morgan fingerprint density at radius 3 is 2.62 bits per heavy atom. The molecule has 0 saturated heterocycles. The fourth-order valence-electron chi connectivity index (χ4n) is 3.74. The monoisotopic (exact) mass is 360 g/mol. The zero-order valence-corrected chi connectivity index (χ0v) is 15.7. The SMILES string of the molecule is Cc1c2c(n(Cc3ccc(F)c(F)c3)c1C(=O)NCC(C)C)CCCC2. The normalized spacial score (nSPS) is 13.8. The summed E-state index contributed by atoms with van der Waals surface area (Å²) < 4.78 is 28.9. The summed E-state index contributed by atoms with van der Waals surface area (Å²) >= 11 is 0. The number of carbonyl (C=O) groups is 1. The maximum absolute atomic E-state index is 13.6. The van der Waals surface area contributed by atoms with Crippen molar-refractivity contribution < 1.29 is 13.6 Å². The fraction of sp³-hybridized carbons (Fsp3) is 0.476. The summed E-state index contributed by atoms with van der Waals surface area (Å²) in [6.45, 7) is 7.09. The number of amides is 1. The summed E-state index contributed by atoms with van der Waals surface area (Å²) in [6.07, 6.45) is 4.09. The molecule has 3 nitrogen and oxygen atoms in total. The van der Waals surface area contributed by atoms with Gasteiger partial charge in [0.05, 0.1) is 0 Å². The first kappa shape index (κ1) is 18.6. The third kappa shape index (κ3) is 3.67. The van der Waals surface area contributed by atoms with Gasteiger partial charge in [-0.1, -0.05) is 19.9 Å². The Balaban J connectivity index is 2.01. The van der Waals surface area contributed by atoms with E-state index >= 15 is 0 Å². The predicted octanol–water partition coefficient (Wildman–Crippen LogP) is 4.39. The second kappa shape index (κ2) is 7.60. The first-order valence-corrected chi connectivity index (χ1v) is 9.31. The second-order valence-electron chi connectivity index (χ2n) is 7.54. The zero-order valence-electron chi connectivity index (χ0n) is 15.7. The van der Waals surface area contributed by atoms with Gasteiger partial charge in [-0.25, -0.2) is 8.78 Å². The van der Waals surface area contributed by atoms with Gasteiger partial charge in [-0.05, 0) is 67.3 Å². The summed E-state index contributed by atoms with van der Waals surface area (Å²) in [5.41, 5.74) is 4.73. The number of fused-ring (bicyclic) bond motifs is 1. The molecule has 0 atom stereocenters. The Kier molecular flexibility index (Phi) is 5.44. The molecule has 0 radical (unpaired) electrons. The maximum Gasteiger partial charge on any atom is 0.268 e. The molecule has 2 aromatic rings. The van der Waals surface area contributed by atoms with Crippen LogP contribution in [0.5, 0.6) is 0 Å². The van der Waals surface area contributed by atoms with E-state index in [0.29, 0.717) is 30.3 Å². The first-order valence-electron chi connectivity index (χ1n) is 9.31. The van der Waals surface area contributed by atoms with Gasteiger partial charge in [0.1, 0.15) is 5.69 Å². The van der Waals surface area contributed by atoms with Crippen molar-refractivity contribution >= 4 is 5.91 Å². The molecule has 3 rings (SSSR count). The van der Waals surface area contributed by atoms with Gasteiger partial charge in [-0.15, -0.1) is 0 Å². The highest BCUT2D eigenvalue weighted by Gasteiger charge is 2.26. The van der Waals surface area contributed by atoms with Crippen molar-refractivity contribution in [2.45, 2.75) is 53.0 Å². The molecular weight excluding hydrogens is 334 g/mol. The molecule has 1 heterocycles. The topological polar surface area (TPSA) is 34.0 Å². The smallest absolute Gasteiger partial charge is 0.268 e. The molecule has 26 heavy (non-hydrogen) atoms. The average Bonchev–Trinajstić information content (AvgIpc) is 2.89. The highest BCUT2D eigenvalue weighted by Crippen LogP contribution is 2.30. The largest absolute Gasteiger partial charge is 0.350 e. The van der Waals surface area contributed by atoms with Crippen LogP contribution in [0.1, 0.15) is 59.6 Å². The summed E-state index contributed by atoms with van der Waals surface area (Å²) in [5, 5.41) is 3.00. The van der Waals surface area contributed by atoms with E-state index in [9.17, 15) is 13.6 Å². The van der Waals surface area contributed by atoms with E-state index in [0.717, 1.165) is 43.0 Å². The minimum Gasteiger partial charge on any atom is -0.350 e. The number of hydrogen-bond acceptors (Lipinski definition) is 1. The first-order chi connectivity index (χ1) is 12.4. The lowest BCUT2D eigenvalue weighted by molar-refractivity contribution is 0.0939. The van der Waals surface area contributed by atoms with Crippen molar-refractivity contribution in [1.82, 2.24) is 9.88 Å². The molecule has 5 heteroatoms. The number of aromatic nitrogens is 1. The Bertz CT molecular complexity index is 824. The molecule has 140 valence electrons. The number of hydrogen-bond donors (Lipinski definition) is 1. The Hall–Kier alpha value is -2.17. The van der Waals surface area contributed by atoms with Gasteiger partial charge < -0.3 is 9.88 Å². The van der Waals surface area contributed by atoms with Crippen molar-refractivity contribution in [3.63, 3.8) is 0 Å². The quantitative estimate of drug-likeness (QED) is 0.843. The number of nitrogens with zero attached hydrogens (tertiary/aromatic N) is 1. The number of nitrogens with one attached hydrogen (secondary N) is 1. The molecule has 1 aliphatic rings. The van der Waals surface area contributed by atoms with Gasteiger partial charge >= 0.3 is 0 Å². The van der Waals surface area contributed by atoms with E-state index < -0.39 is 11.6 Å². The second-order valence-corrected chi connectivity index (χ2v) is 7.54. The average molecular weight is 360 g/mol. The van der Waals surface area contributed by atoms with Crippen LogP contribution in [0.15, 0.2) is 18.2 Å². The number of rotatable bonds is 5. The van der Waals surface area contributed by atoms with E-state index in [2.05, 4.69) is 19.2 Å². The molecule has 1 aromatic carbocycles. The van der Waals surface area contributed by atoms with Crippen molar-refractivity contribution in [3.8, 4) is 0 Å². The van der Waals surface area contributed by atoms with E-state index in [1.54, 1.807) is 6.07 Å². The number of benzene rings is 1. The summed E-state index contributed by atoms with van der Waals surface area (Å²) in [6, 6.07) is 3.94. The lowest BCUT2D eigenvalue weighted by Crippen LogP contribution is -2.30. The molecular formula is C21H26F2N2O. The highest BCUT2D eigenvalue weighted by molar-refractivity contribution is 5.95. The van der Waals surface area contributed by atoms with Gasteiger partial charge in [0.2, 0.25) is 0 Å². The van der Waals surface area contributed by atoms with Gasteiger partial charge in [-0.3, -0.25) is 4.79 Å². The van der Waals surface area contributed by atoms with Crippen molar-refractivity contribution in [2.75, 3.05) is 6.54 Å². The molecule has 0 saturated carbocycles. The van der Waals surface area contributed by atoms with Crippen LogP contribution in [0.3, 0.4) is 0 Å². The predicted molar refractivity (Wildman–Crippen MR) is 98.4 cm³/mol. The van der Waals surface area contributed by atoms with Crippen molar-refractivity contribution in [1.29, 1.82) is 0 Å². The van der Waals surface area contributed by atoms with E-state index in [-0.39, 0.29) is 5.91 Å². The molecule has 0 unspecified atom stereocenters. The Labute approximate surface area is 153 Å². The summed E-state index contributed by atoms with van der Waals surface area (Å²) in [5.74, 6) is -1.43. The third-order valence-electron chi connectivity index (χ3n) is 5.05. The van der Waals surface area contributed by atoms with E-state index in [1.807, 2.05) is 11.5 Å². The van der Waals surface area contributed by atoms with Gasteiger partial charge in [-0.2, -0.15) is 0 Å². The minimum absolute atomic E-state index is 0.0896. The number of carbonyl (C=O) groups excluding carboxylic acids is 1. The molecule has 0 aliphatic heterocycles. The van der Waals surface area contributed by atoms with Crippen LogP contribution in [-0.2, 0) is 19.4 Å². The molecule has 0 bridgehead atoms. The standard InChI is InChI=1S/C21H26F2N2O/c1-13(2)11-24-21(26)20-14(3)16-6-4-5-7-19(16)25(20)12-15-8-9-17(22)18(23)10-15/h8-10,13H,4-7,11-12H2,1-3H3,(H,24,26). The van der Waals surface area contributed by atoms with Crippen molar-refractivity contribution in [3.05, 3.63) is 57.9 Å². The van der Waals surface area contributed by atoms with Crippen molar-refractivity contribution in [2.24, 2.45) is 5.92 Å². The lowest BCUT2D eigenvalue weighted by Gasteiger charge is -2.17. The maximum atomic E-state index is 13.6. The molecule has 0 spiro atoms. The molecule has 1 amide bonds. The van der Waals surface area contributed by atoms with E-state index in [1.165, 1.54) is 11.6 Å². The molecule has 0 fully saturated rings. The summed E-state index contributed by atoms with van der Waals surface area (Å²) in [4.78, 5) is 12.9. The van der Waals surface area contributed by atoms with Crippen LogP contribution in [0.4, 0.5) is 8.78 Å². The van der Waals surface area contributed by atoms with Crippen LogP contribution in [0.25, 0.3) is 0 Å². The third-order valence-corrected chi connectivity index (χ3v) is 5.05. The van der Waals surface area contributed by atoms with Gasteiger partial charge in [0.15, 0.2) is 11.6 Å².